The van der Waals surface area contributed by atoms with Gasteiger partial charge in [-0.2, -0.15) is 0 Å². The Labute approximate surface area is 216 Å². The van der Waals surface area contributed by atoms with Crippen molar-refractivity contribution in [2.45, 2.75) is 45.6 Å². The highest BCUT2D eigenvalue weighted by atomic mass is 16.5. The average molecular weight is 504 g/mol. The lowest BCUT2D eigenvalue weighted by molar-refractivity contribution is 0.0706. The lowest BCUT2D eigenvalue weighted by atomic mass is 9.98. The van der Waals surface area contributed by atoms with Crippen LogP contribution in [0.25, 0.3) is 0 Å². The van der Waals surface area contributed by atoms with Crippen LogP contribution in [0.15, 0.2) is 60.7 Å². The van der Waals surface area contributed by atoms with Crippen LogP contribution in [0.5, 0.6) is 11.5 Å². The van der Waals surface area contributed by atoms with Crippen molar-refractivity contribution in [3.63, 3.8) is 0 Å². The third-order valence-electron chi connectivity index (χ3n) is 6.78. The number of amides is 2. The van der Waals surface area contributed by atoms with Gasteiger partial charge in [-0.05, 0) is 78.8 Å². The average Bonchev–Trinajstić information content (AvgIpc) is 2.92. The van der Waals surface area contributed by atoms with Crippen LogP contribution in [-0.4, -0.2) is 40.3 Å². The number of aromatic hydroxyl groups is 2. The summed E-state index contributed by atoms with van der Waals surface area (Å²) in [6.07, 6.45) is 3.56. The summed E-state index contributed by atoms with van der Waals surface area (Å²) in [6.45, 7) is 6.01. The van der Waals surface area contributed by atoms with Crippen molar-refractivity contribution in [3.8, 4) is 11.5 Å². The smallest absolute Gasteiger partial charge is 0.274 e. The van der Waals surface area contributed by atoms with E-state index in [9.17, 15) is 19.8 Å². The molecule has 4 N–H and O–H groups in total. The summed E-state index contributed by atoms with van der Waals surface area (Å²) in [5, 5.41) is 29.7. The Morgan fingerprint density at radius 1 is 0.919 bits per heavy atom. The van der Waals surface area contributed by atoms with Gasteiger partial charge in [0.15, 0.2) is 0 Å². The third kappa shape index (κ3) is 5.86. The zero-order chi connectivity index (χ0) is 26.5. The third-order valence-corrected chi connectivity index (χ3v) is 6.78. The van der Waals surface area contributed by atoms with Gasteiger partial charge in [-0.1, -0.05) is 26.0 Å². The van der Waals surface area contributed by atoms with Gasteiger partial charge in [0.25, 0.3) is 11.8 Å². The minimum atomic E-state index is -0.622. The molecule has 37 heavy (non-hydrogen) atoms. The predicted octanol–water partition coefficient (Wildman–Crippen LogP) is 5.18. The summed E-state index contributed by atoms with van der Waals surface area (Å²) in [5.74, 6) is -1.43. The molecule has 1 fully saturated rings. The van der Waals surface area contributed by atoms with Crippen LogP contribution < -0.4 is 15.3 Å². The number of benzene rings is 3. The summed E-state index contributed by atoms with van der Waals surface area (Å²) in [6, 6.07) is 17.1. The number of nitrogens with one attached hydrogen (secondary N) is 1. The van der Waals surface area contributed by atoms with Gasteiger partial charge in [-0.3, -0.25) is 14.8 Å². The highest BCUT2D eigenvalue weighted by Crippen LogP contribution is 2.34. The number of phenolic OH excluding ortho intramolecular Hbond substituents is 2. The number of hydrogen-bond acceptors (Lipinski definition) is 6. The second kappa shape index (κ2) is 11.3. The van der Waals surface area contributed by atoms with Gasteiger partial charge >= 0.3 is 0 Å². The van der Waals surface area contributed by atoms with Gasteiger partial charge < -0.3 is 20.0 Å². The number of carbonyl (C=O) groups excluding carboxylic acids is 2. The fourth-order valence-corrected chi connectivity index (χ4v) is 4.66. The molecule has 0 atom stereocenters. The summed E-state index contributed by atoms with van der Waals surface area (Å²) in [4.78, 5) is 29.4. The van der Waals surface area contributed by atoms with Crippen LogP contribution in [-0.2, 0) is 6.54 Å². The first-order chi connectivity index (χ1) is 17.8. The first kappa shape index (κ1) is 26.0. The number of anilines is 2. The first-order valence-corrected chi connectivity index (χ1v) is 12.5. The van der Waals surface area contributed by atoms with Crippen LogP contribution >= 0.6 is 0 Å². The highest BCUT2D eigenvalue weighted by Gasteiger charge is 2.24. The summed E-state index contributed by atoms with van der Waals surface area (Å²) in [5.41, 5.74) is 5.07. The Kier molecular flexibility index (Phi) is 7.98. The van der Waals surface area contributed by atoms with Gasteiger partial charge in [-0.25, -0.2) is 5.48 Å². The predicted molar refractivity (Wildman–Crippen MR) is 143 cm³/mol. The molecule has 0 saturated carbocycles. The van der Waals surface area contributed by atoms with Crippen LogP contribution in [0.4, 0.5) is 11.4 Å². The minimum Gasteiger partial charge on any atom is -0.508 e. The van der Waals surface area contributed by atoms with E-state index in [2.05, 4.69) is 4.90 Å². The van der Waals surface area contributed by atoms with E-state index in [0.29, 0.717) is 11.3 Å². The topological polar surface area (TPSA) is 113 Å². The lowest BCUT2D eigenvalue weighted by Gasteiger charge is -2.30. The van der Waals surface area contributed by atoms with E-state index < -0.39 is 11.8 Å². The molecule has 1 saturated heterocycles. The second-order valence-corrected chi connectivity index (χ2v) is 9.68. The maximum atomic E-state index is 13.8. The maximum Gasteiger partial charge on any atom is 0.274 e. The molecule has 8 heteroatoms. The molecule has 2 amide bonds. The number of nitrogens with zero attached hydrogens (tertiary/aromatic N) is 2. The zero-order valence-corrected chi connectivity index (χ0v) is 21.1. The maximum absolute atomic E-state index is 13.8. The van der Waals surface area contributed by atoms with Crippen LogP contribution in [0.1, 0.15) is 70.9 Å². The molecule has 194 valence electrons. The van der Waals surface area contributed by atoms with E-state index in [1.807, 2.05) is 38.1 Å². The van der Waals surface area contributed by atoms with Crippen LogP contribution in [0.3, 0.4) is 0 Å². The number of hydroxylamine groups is 1. The number of rotatable bonds is 7. The monoisotopic (exact) mass is 503 g/mol. The van der Waals surface area contributed by atoms with Crippen molar-refractivity contribution in [3.05, 3.63) is 82.9 Å². The number of piperidine rings is 1. The van der Waals surface area contributed by atoms with Gasteiger partial charge in [0, 0.05) is 36.1 Å². The number of hydrogen-bond donors (Lipinski definition) is 4. The second-order valence-electron chi connectivity index (χ2n) is 9.68. The highest BCUT2D eigenvalue weighted by molar-refractivity contribution is 6.08. The number of phenols is 2. The molecule has 4 rings (SSSR count). The van der Waals surface area contributed by atoms with E-state index in [1.165, 1.54) is 12.5 Å². The van der Waals surface area contributed by atoms with Crippen molar-refractivity contribution in [1.82, 2.24) is 5.48 Å². The fourth-order valence-electron chi connectivity index (χ4n) is 4.66. The van der Waals surface area contributed by atoms with Crippen LogP contribution in [0.2, 0.25) is 0 Å². The molecule has 0 aromatic heterocycles. The molecule has 0 radical (unpaired) electrons. The van der Waals surface area contributed by atoms with Crippen molar-refractivity contribution in [2.75, 3.05) is 22.9 Å². The van der Waals surface area contributed by atoms with Gasteiger partial charge in [0.1, 0.15) is 11.5 Å². The molecular formula is C29H33N3O5. The molecule has 0 aliphatic carbocycles. The Balaban J connectivity index is 1.69. The molecule has 0 bridgehead atoms. The largest absolute Gasteiger partial charge is 0.508 e. The van der Waals surface area contributed by atoms with Crippen molar-refractivity contribution in [2.24, 2.45) is 0 Å². The van der Waals surface area contributed by atoms with E-state index in [-0.39, 0.29) is 35.1 Å². The Morgan fingerprint density at radius 2 is 1.57 bits per heavy atom. The van der Waals surface area contributed by atoms with E-state index in [4.69, 9.17) is 5.21 Å². The molecule has 8 nitrogen and oxygen atoms in total. The summed E-state index contributed by atoms with van der Waals surface area (Å²) in [7, 11) is 0. The molecule has 0 unspecified atom stereocenters. The Morgan fingerprint density at radius 3 is 2.16 bits per heavy atom. The van der Waals surface area contributed by atoms with E-state index >= 15 is 0 Å². The number of carbonyl (C=O) groups is 2. The molecule has 3 aromatic carbocycles. The molecule has 1 aliphatic rings. The van der Waals surface area contributed by atoms with E-state index in [0.717, 1.165) is 37.2 Å². The zero-order valence-electron chi connectivity index (χ0n) is 21.1. The van der Waals surface area contributed by atoms with Gasteiger partial charge in [0.2, 0.25) is 0 Å². The molecule has 0 spiro atoms. The standard InChI is InChI=1S/C29H33N3O5/c1-19(2)24-16-25(27(34)17-26(24)33)29(36)32(18-20-6-8-21(9-7-20)28(35)30-37)23-12-10-22(11-13-23)31-14-4-3-5-15-31/h6-13,16-17,19,33-34,37H,3-5,14-15,18H2,1-2H3,(H,30,35). The van der Waals surface area contributed by atoms with Gasteiger partial charge in [0.05, 0.1) is 12.1 Å². The molecular weight excluding hydrogens is 470 g/mol. The van der Waals surface area contributed by atoms with Crippen molar-refractivity contribution in [1.29, 1.82) is 0 Å². The molecule has 1 heterocycles. The Hall–Kier alpha value is -4.04. The minimum absolute atomic E-state index is 0.0466. The summed E-state index contributed by atoms with van der Waals surface area (Å²) < 4.78 is 0. The Bertz CT molecular complexity index is 1250. The van der Waals surface area contributed by atoms with Crippen LogP contribution in [0, 0.1) is 0 Å². The van der Waals surface area contributed by atoms with Crippen molar-refractivity contribution < 1.29 is 25.0 Å². The lowest BCUT2D eigenvalue weighted by Crippen LogP contribution is -2.31. The quantitative estimate of drug-likeness (QED) is 0.261. The first-order valence-electron chi connectivity index (χ1n) is 12.5. The molecule has 3 aromatic rings. The normalized spacial score (nSPS) is 13.5. The van der Waals surface area contributed by atoms with Gasteiger partial charge in [-0.15, -0.1) is 0 Å². The SMILES string of the molecule is CC(C)c1cc(C(=O)N(Cc2ccc(C(=O)NO)cc2)c2ccc(N3CCCCC3)cc2)c(O)cc1O. The van der Waals surface area contributed by atoms with Crippen molar-refractivity contribution >= 4 is 23.2 Å². The fraction of sp³-hybridized carbons (Fsp3) is 0.310. The van der Waals surface area contributed by atoms with E-state index in [1.54, 1.807) is 40.7 Å². The summed E-state index contributed by atoms with van der Waals surface area (Å²) >= 11 is 0. The molecule has 1 aliphatic heterocycles.